The number of hydrogen-bond acceptors (Lipinski definition) is 3. The summed E-state index contributed by atoms with van der Waals surface area (Å²) in [5.41, 5.74) is 2.23. The summed E-state index contributed by atoms with van der Waals surface area (Å²) in [6.07, 6.45) is 3.34. The largest absolute Gasteiger partial charge is 0.489 e. The molecule has 5 nitrogen and oxygen atoms in total. The summed E-state index contributed by atoms with van der Waals surface area (Å²) in [5.74, 6) is 0.808. The van der Waals surface area contributed by atoms with Gasteiger partial charge in [0.05, 0.1) is 6.54 Å². The van der Waals surface area contributed by atoms with Crippen LogP contribution in [-0.2, 0) is 6.54 Å². The highest BCUT2D eigenvalue weighted by Gasteiger charge is 2.11. The average Bonchev–Trinajstić information content (AvgIpc) is 2.55. The zero-order valence-electron chi connectivity index (χ0n) is 13.8. The lowest BCUT2D eigenvalue weighted by molar-refractivity contribution is 0.188. The number of hydrogen-bond donors (Lipinski definition) is 1. The molecule has 0 aliphatic carbocycles. The first-order valence-electron chi connectivity index (χ1n) is 7.66. The van der Waals surface area contributed by atoms with Crippen molar-refractivity contribution >= 4 is 6.03 Å². The Morgan fingerprint density at radius 3 is 2.52 bits per heavy atom. The van der Waals surface area contributed by atoms with Crippen LogP contribution in [0.3, 0.4) is 0 Å². The van der Waals surface area contributed by atoms with E-state index in [4.69, 9.17) is 4.74 Å². The van der Waals surface area contributed by atoms with E-state index in [1.54, 1.807) is 24.3 Å². The van der Waals surface area contributed by atoms with Gasteiger partial charge in [0.25, 0.3) is 0 Å². The number of nitrogens with one attached hydrogen (secondary N) is 1. The molecule has 122 valence electrons. The maximum Gasteiger partial charge on any atom is 0.317 e. The molecule has 0 spiro atoms. The molecule has 1 unspecified atom stereocenters. The third-order valence-electron chi connectivity index (χ3n) is 3.41. The van der Waals surface area contributed by atoms with Gasteiger partial charge < -0.3 is 15.0 Å². The average molecular weight is 313 g/mol. The van der Waals surface area contributed by atoms with Gasteiger partial charge in [0.15, 0.2) is 0 Å². The van der Waals surface area contributed by atoms with Gasteiger partial charge in [-0.15, -0.1) is 0 Å². The first-order chi connectivity index (χ1) is 11.0. The molecule has 1 aromatic carbocycles. The van der Waals surface area contributed by atoms with Crippen molar-refractivity contribution in [3.05, 3.63) is 59.9 Å². The number of aromatic nitrogens is 1. The highest BCUT2D eigenvalue weighted by molar-refractivity contribution is 5.73. The fourth-order valence-corrected chi connectivity index (χ4v) is 2.09. The number of carbonyl (C=O) groups excluding carboxylic acids is 1. The third-order valence-corrected chi connectivity index (χ3v) is 3.41. The lowest BCUT2D eigenvalue weighted by Crippen LogP contribution is -2.41. The van der Waals surface area contributed by atoms with Crippen LogP contribution in [0, 0.1) is 6.92 Å². The zero-order valence-corrected chi connectivity index (χ0v) is 13.8. The van der Waals surface area contributed by atoms with Crippen LogP contribution in [0.5, 0.6) is 5.75 Å². The van der Waals surface area contributed by atoms with E-state index in [-0.39, 0.29) is 12.1 Å². The molecule has 23 heavy (non-hydrogen) atoms. The van der Waals surface area contributed by atoms with Crippen LogP contribution in [-0.4, -0.2) is 35.6 Å². The molecule has 2 amide bonds. The monoisotopic (exact) mass is 313 g/mol. The van der Waals surface area contributed by atoms with Crippen LogP contribution in [0.4, 0.5) is 4.79 Å². The number of rotatable bonds is 6. The Morgan fingerprint density at radius 2 is 1.87 bits per heavy atom. The van der Waals surface area contributed by atoms with Crippen LogP contribution in [0.1, 0.15) is 18.1 Å². The Balaban J connectivity index is 1.75. The molecule has 1 atom stereocenters. The molecule has 0 radical (unpaired) electrons. The summed E-state index contributed by atoms with van der Waals surface area (Å²) in [6, 6.07) is 11.5. The molecular formula is C18H23N3O2. The minimum Gasteiger partial charge on any atom is -0.489 e. The van der Waals surface area contributed by atoms with Gasteiger partial charge in [-0.05, 0) is 43.7 Å². The lowest BCUT2D eigenvalue weighted by Gasteiger charge is -2.20. The molecule has 1 aromatic heterocycles. The number of carbonyl (C=O) groups is 1. The number of aryl methyl sites for hydroxylation is 1. The number of urea groups is 1. The predicted octanol–water partition coefficient (Wildman–Crippen LogP) is 3.00. The quantitative estimate of drug-likeness (QED) is 0.892. The van der Waals surface area contributed by atoms with Crippen LogP contribution >= 0.6 is 0 Å². The molecule has 0 bridgehead atoms. The van der Waals surface area contributed by atoms with Crippen molar-refractivity contribution in [1.29, 1.82) is 0 Å². The van der Waals surface area contributed by atoms with Gasteiger partial charge in [-0.25, -0.2) is 4.79 Å². The summed E-state index contributed by atoms with van der Waals surface area (Å²) < 4.78 is 5.78. The Kier molecular flexibility index (Phi) is 5.97. The minimum absolute atomic E-state index is 0.101. The first-order valence-corrected chi connectivity index (χ1v) is 7.66. The van der Waals surface area contributed by atoms with Crippen molar-refractivity contribution in [2.75, 3.05) is 13.6 Å². The smallest absolute Gasteiger partial charge is 0.317 e. The van der Waals surface area contributed by atoms with Gasteiger partial charge in [-0.2, -0.15) is 0 Å². The molecule has 2 rings (SSSR count). The maximum absolute atomic E-state index is 12.1. The van der Waals surface area contributed by atoms with E-state index in [1.165, 1.54) is 5.56 Å². The topological polar surface area (TPSA) is 54.5 Å². The van der Waals surface area contributed by atoms with Crippen molar-refractivity contribution in [3.63, 3.8) is 0 Å². The summed E-state index contributed by atoms with van der Waals surface area (Å²) in [7, 11) is 1.77. The van der Waals surface area contributed by atoms with Gasteiger partial charge in [0.2, 0.25) is 0 Å². The molecule has 0 saturated carbocycles. The fraction of sp³-hybridized carbons (Fsp3) is 0.333. The van der Waals surface area contributed by atoms with Crippen LogP contribution in [0.25, 0.3) is 0 Å². The molecule has 1 heterocycles. The molecule has 1 N–H and O–H groups in total. The van der Waals surface area contributed by atoms with Gasteiger partial charge in [-0.1, -0.05) is 17.7 Å². The van der Waals surface area contributed by atoms with Crippen molar-refractivity contribution < 1.29 is 9.53 Å². The van der Waals surface area contributed by atoms with E-state index < -0.39 is 0 Å². The second kappa shape index (κ2) is 8.17. The Labute approximate surface area is 137 Å². The molecule has 2 aromatic rings. The molecule has 5 heteroatoms. The van der Waals surface area contributed by atoms with Crippen molar-refractivity contribution in [3.8, 4) is 5.75 Å². The first kappa shape index (κ1) is 16.8. The second-order valence-electron chi connectivity index (χ2n) is 5.64. The summed E-state index contributed by atoms with van der Waals surface area (Å²) in [5, 5.41) is 2.88. The van der Waals surface area contributed by atoms with Gasteiger partial charge in [-0.3, -0.25) is 4.98 Å². The van der Waals surface area contributed by atoms with E-state index in [0.717, 1.165) is 11.3 Å². The van der Waals surface area contributed by atoms with Crippen LogP contribution in [0.15, 0.2) is 48.8 Å². The Bertz CT molecular complexity index is 614. The van der Waals surface area contributed by atoms with Crippen LogP contribution < -0.4 is 10.1 Å². The highest BCUT2D eigenvalue weighted by atomic mass is 16.5. The Hall–Kier alpha value is -2.56. The molecule has 0 aliphatic rings. The highest BCUT2D eigenvalue weighted by Crippen LogP contribution is 2.13. The molecule has 0 aliphatic heterocycles. The van der Waals surface area contributed by atoms with Crippen LogP contribution in [0.2, 0.25) is 0 Å². The molecule has 0 fully saturated rings. The summed E-state index contributed by atoms with van der Waals surface area (Å²) >= 11 is 0. The van der Waals surface area contributed by atoms with Gasteiger partial charge in [0, 0.05) is 26.0 Å². The van der Waals surface area contributed by atoms with E-state index >= 15 is 0 Å². The van der Waals surface area contributed by atoms with Gasteiger partial charge in [0.1, 0.15) is 11.9 Å². The van der Waals surface area contributed by atoms with Crippen molar-refractivity contribution in [2.45, 2.75) is 26.5 Å². The molecular weight excluding hydrogens is 290 g/mol. The second-order valence-corrected chi connectivity index (χ2v) is 5.64. The number of ether oxygens (including phenoxy) is 1. The minimum atomic E-state index is -0.124. The van der Waals surface area contributed by atoms with Crippen molar-refractivity contribution in [1.82, 2.24) is 15.2 Å². The normalized spacial score (nSPS) is 11.6. The Morgan fingerprint density at radius 1 is 1.22 bits per heavy atom. The summed E-state index contributed by atoms with van der Waals surface area (Å²) in [4.78, 5) is 17.7. The van der Waals surface area contributed by atoms with Crippen molar-refractivity contribution in [2.24, 2.45) is 0 Å². The SMILES string of the molecule is Cc1ccc(OC(C)CNC(=O)N(C)Cc2ccncc2)cc1. The maximum atomic E-state index is 12.1. The van der Waals surface area contributed by atoms with Gasteiger partial charge >= 0.3 is 6.03 Å². The van der Waals surface area contributed by atoms with E-state index in [1.807, 2.05) is 50.2 Å². The number of benzene rings is 1. The zero-order chi connectivity index (χ0) is 16.7. The van der Waals surface area contributed by atoms with E-state index in [2.05, 4.69) is 10.3 Å². The molecule has 0 saturated heterocycles. The number of amides is 2. The number of pyridine rings is 1. The lowest BCUT2D eigenvalue weighted by atomic mass is 10.2. The van der Waals surface area contributed by atoms with E-state index in [0.29, 0.717) is 13.1 Å². The predicted molar refractivity (Wildman–Crippen MR) is 90.4 cm³/mol. The number of nitrogens with zero attached hydrogens (tertiary/aromatic N) is 2. The van der Waals surface area contributed by atoms with E-state index in [9.17, 15) is 4.79 Å². The standard InChI is InChI=1S/C18H23N3O2/c1-14-4-6-17(7-5-14)23-15(2)12-20-18(22)21(3)13-16-8-10-19-11-9-16/h4-11,15H,12-13H2,1-3H3,(H,20,22). The third kappa shape index (κ3) is 5.62. The summed E-state index contributed by atoms with van der Waals surface area (Å²) in [6.45, 7) is 4.96. The fourth-order valence-electron chi connectivity index (χ4n) is 2.09.